The molecule has 0 amide bonds. The van der Waals surface area contributed by atoms with E-state index >= 15 is 0 Å². The number of nitrogens with zero attached hydrogens (tertiary/aromatic N) is 1. The average molecular weight is 254 g/mol. The third kappa shape index (κ3) is 2.29. The molecule has 0 bridgehead atoms. The largest absolute Gasteiger partial charge is 0.244 e. The summed E-state index contributed by atoms with van der Waals surface area (Å²) in [6.45, 7) is 1.97. The van der Waals surface area contributed by atoms with Crippen molar-refractivity contribution in [3.05, 3.63) is 35.3 Å². The fourth-order valence-corrected chi connectivity index (χ4v) is 2.56. The molecule has 16 heavy (non-hydrogen) atoms. The lowest BCUT2D eigenvalue weighted by molar-refractivity contribution is 0.598. The van der Waals surface area contributed by atoms with E-state index < -0.39 is 10.0 Å². The van der Waals surface area contributed by atoms with Gasteiger partial charge >= 0.3 is 0 Å². The predicted molar refractivity (Wildman–Crippen MR) is 63.7 cm³/mol. The lowest BCUT2D eigenvalue weighted by Gasteiger charge is -1.99. The summed E-state index contributed by atoms with van der Waals surface area (Å²) in [5.74, 6) is 0. The van der Waals surface area contributed by atoms with E-state index in [1.165, 1.54) is 12.1 Å². The summed E-state index contributed by atoms with van der Waals surface area (Å²) >= 11 is 1.56. The molecule has 1 aromatic carbocycles. The first kappa shape index (κ1) is 11.3. The minimum absolute atomic E-state index is 0.115. The van der Waals surface area contributed by atoms with Crippen molar-refractivity contribution in [2.24, 2.45) is 5.14 Å². The van der Waals surface area contributed by atoms with Crippen LogP contribution in [0.15, 0.2) is 35.4 Å². The molecule has 1 heterocycles. The Balaban J connectivity index is 2.40. The van der Waals surface area contributed by atoms with Gasteiger partial charge in [0.2, 0.25) is 10.0 Å². The van der Waals surface area contributed by atoms with Gasteiger partial charge in [-0.15, -0.1) is 11.3 Å². The highest BCUT2D eigenvalue weighted by atomic mass is 32.2. The van der Waals surface area contributed by atoms with E-state index in [0.29, 0.717) is 0 Å². The Morgan fingerprint density at radius 3 is 2.31 bits per heavy atom. The smallest absolute Gasteiger partial charge is 0.238 e. The number of primary sulfonamides is 1. The SMILES string of the molecule is Cc1cnc(-c2ccc(S(N)(=O)=O)cc2)s1. The molecule has 2 rings (SSSR count). The first-order valence-corrected chi connectivity index (χ1v) is 6.89. The molecule has 4 nitrogen and oxygen atoms in total. The molecular weight excluding hydrogens is 244 g/mol. The van der Waals surface area contributed by atoms with Crippen LogP contribution in [0.25, 0.3) is 10.6 Å². The molecule has 0 unspecified atom stereocenters. The number of aryl methyl sites for hydroxylation is 1. The first-order valence-electron chi connectivity index (χ1n) is 4.52. The second-order valence-electron chi connectivity index (χ2n) is 3.35. The van der Waals surface area contributed by atoms with Crippen molar-refractivity contribution in [1.29, 1.82) is 0 Å². The summed E-state index contributed by atoms with van der Waals surface area (Å²) in [4.78, 5) is 5.45. The van der Waals surface area contributed by atoms with Crippen LogP contribution in [0.1, 0.15) is 4.88 Å². The van der Waals surface area contributed by atoms with Gasteiger partial charge < -0.3 is 0 Å². The Morgan fingerprint density at radius 1 is 1.25 bits per heavy atom. The number of aromatic nitrogens is 1. The third-order valence-electron chi connectivity index (χ3n) is 2.05. The zero-order valence-electron chi connectivity index (χ0n) is 8.54. The maximum absolute atomic E-state index is 11.0. The second-order valence-corrected chi connectivity index (χ2v) is 6.14. The summed E-state index contributed by atoms with van der Waals surface area (Å²) in [5, 5.41) is 5.88. The zero-order chi connectivity index (χ0) is 11.8. The highest BCUT2D eigenvalue weighted by Crippen LogP contribution is 2.25. The van der Waals surface area contributed by atoms with Gasteiger partial charge in [-0.1, -0.05) is 12.1 Å². The summed E-state index contributed by atoms with van der Waals surface area (Å²) < 4.78 is 22.1. The quantitative estimate of drug-likeness (QED) is 0.887. The summed E-state index contributed by atoms with van der Waals surface area (Å²) in [5.41, 5.74) is 0.894. The maximum Gasteiger partial charge on any atom is 0.238 e. The Bertz CT molecular complexity index is 600. The van der Waals surface area contributed by atoms with Gasteiger partial charge in [0.1, 0.15) is 5.01 Å². The van der Waals surface area contributed by atoms with Crippen LogP contribution in [0.2, 0.25) is 0 Å². The molecule has 84 valence electrons. The van der Waals surface area contributed by atoms with Gasteiger partial charge in [0.05, 0.1) is 4.90 Å². The van der Waals surface area contributed by atoms with E-state index in [0.717, 1.165) is 15.4 Å². The van der Waals surface area contributed by atoms with Crippen molar-refractivity contribution in [2.45, 2.75) is 11.8 Å². The Kier molecular flexibility index (Phi) is 2.79. The molecule has 0 saturated carbocycles. The molecule has 1 aromatic heterocycles. The van der Waals surface area contributed by atoms with Crippen LogP contribution in [0.5, 0.6) is 0 Å². The highest BCUT2D eigenvalue weighted by molar-refractivity contribution is 7.89. The van der Waals surface area contributed by atoms with Crippen molar-refractivity contribution < 1.29 is 8.42 Å². The van der Waals surface area contributed by atoms with Crippen molar-refractivity contribution in [2.75, 3.05) is 0 Å². The van der Waals surface area contributed by atoms with Crippen LogP contribution in [-0.4, -0.2) is 13.4 Å². The topological polar surface area (TPSA) is 73.0 Å². The van der Waals surface area contributed by atoms with E-state index in [2.05, 4.69) is 4.98 Å². The fraction of sp³-hybridized carbons (Fsp3) is 0.100. The molecule has 0 saturated heterocycles. The molecule has 0 radical (unpaired) electrons. The van der Waals surface area contributed by atoms with Crippen molar-refractivity contribution >= 4 is 21.4 Å². The minimum atomic E-state index is -3.61. The van der Waals surface area contributed by atoms with Crippen LogP contribution in [0, 0.1) is 6.92 Å². The van der Waals surface area contributed by atoms with Gasteiger partial charge in [-0.3, -0.25) is 0 Å². The summed E-state index contributed by atoms with van der Waals surface area (Å²) in [6.07, 6.45) is 1.79. The van der Waals surface area contributed by atoms with E-state index in [1.54, 1.807) is 29.7 Å². The average Bonchev–Trinajstić information content (AvgIpc) is 2.64. The fourth-order valence-electron chi connectivity index (χ4n) is 1.28. The molecule has 2 aromatic rings. The van der Waals surface area contributed by atoms with Gasteiger partial charge in [-0.2, -0.15) is 0 Å². The standard InChI is InChI=1S/C10H10N2O2S2/c1-7-6-12-10(15-7)8-2-4-9(5-3-8)16(11,13)14/h2-6H,1H3,(H2,11,13,14). The monoisotopic (exact) mass is 254 g/mol. The molecular formula is C10H10N2O2S2. The van der Waals surface area contributed by atoms with E-state index in [4.69, 9.17) is 5.14 Å². The summed E-state index contributed by atoms with van der Waals surface area (Å²) in [7, 11) is -3.61. The van der Waals surface area contributed by atoms with Gasteiger partial charge in [-0.05, 0) is 19.1 Å². The lowest BCUT2D eigenvalue weighted by atomic mass is 10.2. The molecule has 0 fully saturated rings. The third-order valence-corrected chi connectivity index (χ3v) is 3.94. The minimum Gasteiger partial charge on any atom is -0.244 e. The van der Waals surface area contributed by atoms with Crippen LogP contribution >= 0.6 is 11.3 Å². The number of hydrogen-bond donors (Lipinski definition) is 1. The molecule has 0 aliphatic heterocycles. The predicted octanol–water partition coefficient (Wildman–Crippen LogP) is 1.77. The highest BCUT2D eigenvalue weighted by Gasteiger charge is 2.08. The molecule has 6 heteroatoms. The number of hydrogen-bond acceptors (Lipinski definition) is 4. The Morgan fingerprint density at radius 2 is 1.88 bits per heavy atom. The number of sulfonamides is 1. The van der Waals surface area contributed by atoms with E-state index in [9.17, 15) is 8.42 Å². The maximum atomic E-state index is 11.0. The molecule has 0 aliphatic rings. The van der Waals surface area contributed by atoms with Crippen LogP contribution < -0.4 is 5.14 Å². The number of benzene rings is 1. The molecule has 0 atom stereocenters. The zero-order valence-corrected chi connectivity index (χ0v) is 10.2. The Hall–Kier alpha value is -1.24. The number of rotatable bonds is 2. The van der Waals surface area contributed by atoms with Gasteiger partial charge in [0.25, 0.3) is 0 Å². The molecule has 0 spiro atoms. The van der Waals surface area contributed by atoms with E-state index in [1.807, 2.05) is 6.92 Å². The van der Waals surface area contributed by atoms with Crippen LogP contribution in [0.3, 0.4) is 0 Å². The Labute approximate surface area is 97.8 Å². The number of thiazole rings is 1. The van der Waals surface area contributed by atoms with Gasteiger partial charge in [0, 0.05) is 16.6 Å². The normalized spacial score (nSPS) is 11.6. The lowest BCUT2D eigenvalue weighted by Crippen LogP contribution is -2.11. The van der Waals surface area contributed by atoms with Crippen molar-refractivity contribution in [3.8, 4) is 10.6 Å². The van der Waals surface area contributed by atoms with E-state index in [-0.39, 0.29) is 4.90 Å². The van der Waals surface area contributed by atoms with Crippen LogP contribution in [0.4, 0.5) is 0 Å². The van der Waals surface area contributed by atoms with Crippen LogP contribution in [-0.2, 0) is 10.0 Å². The van der Waals surface area contributed by atoms with Crippen molar-refractivity contribution in [1.82, 2.24) is 4.98 Å². The molecule has 2 N–H and O–H groups in total. The van der Waals surface area contributed by atoms with Crippen molar-refractivity contribution in [3.63, 3.8) is 0 Å². The number of nitrogens with two attached hydrogens (primary N) is 1. The first-order chi connectivity index (χ1) is 7.47. The van der Waals surface area contributed by atoms with Gasteiger partial charge in [0.15, 0.2) is 0 Å². The summed E-state index contributed by atoms with van der Waals surface area (Å²) in [6, 6.07) is 6.39. The molecule has 0 aliphatic carbocycles. The van der Waals surface area contributed by atoms with Gasteiger partial charge in [-0.25, -0.2) is 18.5 Å². The second kappa shape index (κ2) is 3.97.